The number of likely N-dealkylation sites (N-methyl/N-ethyl adjacent to an activating group) is 1. The fourth-order valence-electron chi connectivity index (χ4n) is 7.79. The first-order chi connectivity index (χ1) is 27.5. The number of aromatic nitrogens is 3. The summed E-state index contributed by atoms with van der Waals surface area (Å²) in [6.45, 7) is 17.9. The molecule has 1 unspecified atom stereocenters. The van der Waals surface area contributed by atoms with Gasteiger partial charge >= 0.3 is 12.1 Å². The zero-order chi connectivity index (χ0) is 43.6. The molecule has 2 fully saturated rings. The first-order valence-corrected chi connectivity index (χ1v) is 21.0. The molecular formula is C44H63ClN6O8. The lowest BCUT2D eigenvalue weighted by Crippen LogP contribution is -2.60. The van der Waals surface area contributed by atoms with Crippen molar-refractivity contribution < 1.29 is 38.5 Å². The van der Waals surface area contributed by atoms with Gasteiger partial charge in [-0.3, -0.25) is 19.6 Å². The molecule has 3 amide bonds. The number of halogens is 1. The van der Waals surface area contributed by atoms with Crippen LogP contribution < -0.4 is 10.2 Å². The van der Waals surface area contributed by atoms with E-state index in [2.05, 4.69) is 36.4 Å². The highest BCUT2D eigenvalue weighted by atomic mass is 35.5. The van der Waals surface area contributed by atoms with Gasteiger partial charge in [0.15, 0.2) is 0 Å². The van der Waals surface area contributed by atoms with Gasteiger partial charge in [-0.25, -0.2) is 9.59 Å². The lowest BCUT2D eigenvalue weighted by atomic mass is 9.82. The summed E-state index contributed by atoms with van der Waals surface area (Å²) in [4.78, 5) is 57.2. The van der Waals surface area contributed by atoms with E-state index in [1.807, 2.05) is 64.3 Å². The first kappa shape index (κ1) is 45.8. The molecule has 1 aromatic heterocycles. The lowest BCUT2D eigenvalue weighted by Gasteiger charge is -2.41. The van der Waals surface area contributed by atoms with Crippen molar-refractivity contribution >= 4 is 41.2 Å². The molecule has 15 heteroatoms. The minimum atomic E-state index is -1.61. The van der Waals surface area contributed by atoms with Crippen LogP contribution in [-0.2, 0) is 48.0 Å². The Balaban J connectivity index is 1.35. The number of esters is 1. The molecule has 3 aliphatic heterocycles. The molecule has 4 bridgehead atoms. The number of allylic oxidation sites excluding steroid dienone is 3. The number of carbonyl (C=O) groups excluding carboxylic acids is 4. The van der Waals surface area contributed by atoms with Crippen LogP contribution >= 0.6 is 11.6 Å². The van der Waals surface area contributed by atoms with Gasteiger partial charge in [0, 0.05) is 51.5 Å². The van der Waals surface area contributed by atoms with Gasteiger partial charge < -0.3 is 29.1 Å². The van der Waals surface area contributed by atoms with E-state index < -0.39 is 59.6 Å². The Labute approximate surface area is 353 Å². The van der Waals surface area contributed by atoms with E-state index in [1.54, 1.807) is 32.6 Å². The highest BCUT2D eigenvalue weighted by Gasteiger charge is 2.64. The molecule has 0 saturated carbocycles. The molecule has 4 heterocycles. The number of anilines is 1. The van der Waals surface area contributed by atoms with Crippen LogP contribution in [0, 0.1) is 24.2 Å². The fourth-order valence-corrected chi connectivity index (χ4v) is 8.03. The summed E-state index contributed by atoms with van der Waals surface area (Å²) in [5.74, 6) is -2.28. The molecule has 324 valence electrons. The Bertz CT molecular complexity index is 1960. The average Bonchev–Trinajstić information content (AvgIpc) is 3.65. The van der Waals surface area contributed by atoms with Gasteiger partial charge in [-0.05, 0) is 76.0 Å². The Morgan fingerprint density at radius 2 is 1.92 bits per heavy atom. The molecule has 5 rings (SSSR count). The molecular weight excluding hydrogens is 776 g/mol. The highest BCUT2D eigenvalue weighted by Crippen LogP contribution is 2.49. The summed E-state index contributed by atoms with van der Waals surface area (Å²) < 4.78 is 19.9. The Kier molecular flexibility index (Phi) is 14.1. The first-order valence-electron chi connectivity index (χ1n) is 20.6. The quantitative estimate of drug-likeness (QED) is 0.211. The molecule has 1 aromatic carbocycles. The van der Waals surface area contributed by atoms with Crippen molar-refractivity contribution in [3.63, 3.8) is 0 Å². The van der Waals surface area contributed by atoms with E-state index in [0.29, 0.717) is 30.1 Å². The predicted molar refractivity (Wildman–Crippen MR) is 225 cm³/mol. The van der Waals surface area contributed by atoms with E-state index in [1.165, 1.54) is 9.80 Å². The van der Waals surface area contributed by atoms with Gasteiger partial charge in [-0.15, -0.1) is 5.10 Å². The standard InChI is InChI=1S/C44H63ClN6O8/c1-26-14-12-15-28(3)44(56)24-34(57-41(55)46-44)29(4)39-43(9,59-39)35(23-37(53)50(11)33-22-31(20-26)21-27(2)38(33)45)58-40(54)30(5)49(10)36(52)16-13-19-51-25-32(47-48-51)17-18-42(6,7)8/h12,14-15,21-22,25,28-30,34-35,39,56H,13,16-20,23-24H2,1-11H3,(H,46,55)/b15-12+,26-14+/t28-,29-,30?,34+,35+,39+,43+,44+/m1/s1. The number of epoxide rings is 1. The van der Waals surface area contributed by atoms with Crippen LogP contribution in [-0.4, -0.2) is 98.7 Å². The third-order valence-electron chi connectivity index (χ3n) is 12.2. The van der Waals surface area contributed by atoms with Gasteiger partial charge in [0.1, 0.15) is 29.6 Å². The molecule has 3 aliphatic rings. The number of rotatable bonds is 9. The van der Waals surface area contributed by atoms with Crippen molar-refractivity contribution in [3.05, 3.63) is 64.0 Å². The van der Waals surface area contributed by atoms with Crippen molar-refractivity contribution in [3.8, 4) is 0 Å². The highest BCUT2D eigenvalue weighted by molar-refractivity contribution is 6.34. The zero-order valence-corrected chi connectivity index (χ0v) is 37.3. The maximum Gasteiger partial charge on any atom is 0.409 e. The lowest BCUT2D eigenvalue weighted by molar-refractivity contribution is -0.162. The monoisotopic (exact) mass is 838 g/mol. The van der Waals surface area contributed by atoms with Crippen molar-refractivity contribution in [2.24, 2.45) is 17.3 Å². The van der Waals surface area contributed by atoms with Gasteiger partial charge in [-0.2, -0.15) is 0 Å². The average molecular weight is 839 g/mol. The molecule has 8 atom stereocenters. The second kappa shape index (κ2) is 18.1. The largest absolute Gasteiger partial charge is 0.457 e. The minimum Gasteiger partial charge on any atom is -0.457 e. The van der Waals surface area contributed by atoms with Gasteiger partial charge in [0.25, 0.3) is 0 Å². The van der Waals surface area contributed by atoms with E-state index in [-0.39, 0.29) is 36.5 Å². The summed E-state index contributed by atoms with van der Waals surface area (Å²) in [7, 11) is 3.18. The zero-order valence-electron chi connectivity index (χ0n) is 36.5. The van der Waals surface area contributed by atoms with Crippen LogP contribution in [0.25, 0.3) is 0 Å². The minimum absolute atomic E-state index is 0.0684. The van der Waals surface area contributed by atoms with Crippen molar-refractivity contribution in [1.82, 2.24) is 25.2 Å². The number of fused-ring (bicyclic) bond motifs is 5. The maximum atomic E-state index is 14.2. The number of hydrogen-bond acceptors (Lipinski definition) is 10. The Morgan fingerprint density at radius 1 is 1.20 bits per heavy atom. The number of aryl methyl sites for hydroxylation is 3. The number of ether oxygens (including phenoxy) is 3. The molecule has 14 nitrogen and oxygen atoms in total. The summed E-state index contributed by atoms with van der Waals surface area (Å²) in [5, 5.41) is 23.2. The Morgan fingerprint density at radius 3 is 2.61 bits per heavy atom. The van der Waals surface area contributed by atoms with Crippen LogP contribution in [0.2, 0.25) is 5.02 Å². The Hall–Kier alpha value is -4.27. The predicted octanol–water partition coefficient (Wildman–Crippen LogP) is 6.49. The van der Waals surface area contributed by atoms with E-state index in [9.17, 15) is 24.3 Å². The van der Waals surface area contributed by atoms with Crippen molar-refractivity contribution in [2.45, 2.75) is 149 Å². The van der Waals surface area contributed by atoms with E-state index >= 15 is 0 Å². The fraction of sp³-hybridized carbons (Fsp3) is 0.636. The van der Waals surface area contributed by atoms with Crippen molar-refractivity contribution in [1.29, 1.82) is 0 Å². The number of benzene rings is 1. The summed E-state index contributed by atoms with van der Waals surface area (Å²) in [6, 6.07) is 2.87. The van der Waals surface area contributed by atoms with Crippen LogP contribution in [0.3, 0.4) is 0 Å². The van der Waals surface area contributed by atoms with Crippen molar-refractivity contribution in [2.75, 3.05) is 19.0 Å². The SMILES string of the molecule is C/C1=C\C=C\[C@@H](C)[C@@]2(O)C[C@H](OC(=O)N2)[C@@H](C)[C@@H]2O[C@@]2(C)[C@@H](OC(=O)C(C)N(C)C(=O)CCCn2cc(CCC(C)(C)C)nn2)CC(=O)N(C)c2cc(cc(C)c2Cl)C1. The van der Waals surface area contributed by atoms with Crippen LogP contribution in [0.4, 0.5) is 10.5 Å². The van der Waals surface area contributed by atoms with Gasteiger partial charge in [-0.1, -0.05) is 81.3 Å². The number of hydrogen-bond donors (Lipinski definition) is 2. The number of alkyl carbamates (subject to hydrolysis) is 1. The molecule has 59 heavy (non-hydrogen) atoms. The second-order valence-electron chi connectivity index (χ2n) is 18.3. The maximum absolute atomic E-state index is 14.2. The molecule has 0 radical (unpaired) electrons. The van der Waals surface area contributed by atoms with Crippen LogP contribution in [0.15, 0.2) is 42.1 Å². The molecule has 2 N–H and O–H groups in total. The number of carbonyl (C=O) groups is 4. The van der Waals surface area contributed by atoms with Gasteiger partial charge in [0.05, 0.1) is 28.9 Å². The summed E-state index contributed by atoms with van der Waals surface area (Å²) >= 11 is 6.81. The topological polar surface area (TPSA) is 169 Å². The van der Waals surface area contributed by atoms with Crippen LogP contribution in [0.5, 0.6) is 0 Å². The third kappa shape index (κ3) is 11.1. The second-order valence-corrected chi connectivity index (χ2v) is 18.7. The van der Waals surface area contributed by atoms with E-state index in [4.69, 9.17) is 25.8 Å². The van der Waals surface area contributed by atoms with E-state index in [0.717, 1.165) is 35.2 Å². The summed E-state index contributed by atoms with van der Waals surface area (Å²) in [6.07, 6.45) is 7.15. The van der Waals surface area contributed by atoms with Gasteiger partial charge in [0.2, 0.25) is 11.8 Å². The third-order valence-corrected chi connectivity index (χ3v) is 12.6. The number of aliphatic hydroxyl groups is 1. The number of nitrogens with one attached hydrogen (secondary N) is 1. The summed E-state index contributed by atoms with van der Waals surface area (Å²) in [5.41, 5.74) is 1.57. The molecule has 0 spiro atoms. The molecule has 2 saturated heterocycles. The number of nitrogens with zero attached hydrogens (tertiary/aromatic N) is 5. The normalized spacial score (nSPS) is 29.6. The van der Waals surface area contributed by atoms with Crippen LogP contribution in [0.1, 0.15) is 104 Å². The molecule has 2 aromatic rings. The molecule has 0 aliphatic carbocycles. The smallest absolute Gasteiger partial charge is 0.409 e. The number of amides is 3.